The number of nitrogens with one attached hydrogen (secondary N) is 1. The van der Waals surface area contributed by atoms with Crippen LogP contribution in [0.5, 0.6) is 0 Å². The molecule has 0 aromatic heterocycles. The fraction of sp³-hybridized carbons (Fsp3) is 0.257. The van der Waals surface area contributed by atoms with Crippen LogP contribution in [0.1, 0.15) is 37.0 Å². The minimum Gasteiger partial charge on any atom is -0.352 e. The van der Waals surface area contributed by atoms with E-state index in [0.29, 0.717) is 22.7 Å². The van der Waals surface area contributed by atoms with E-state index in [0.717, 1.165) is 15.4 Å². The molecule has 0 spiro atoms. The van der Waals surface area contributed by atoms with Gasteiger partial charge in [-0.3, -0.25) is 13.9 Å². The highest BCUT2D eigenvalue weighted by Crippen LogP contribution is 2.26. The van der Waals surface area contributed by atoms with Crippen molar-refractivity contribution in [2.75, 3.05) is 10.8 Å². The van der Waals surface area contributed by atoms with Crippen LogP contribution in [0.2, 0.25) is 5.02 Å². The number of hydrogen-bond donors (Lipinski definition) is 1. The van der Waals surface area contributed by atoms with E-state index in [-0.39, 0.29) is 29.8 Å². The first-order chi connectivity index (χ1) is 21.1. The highest BCUT2D eigenvalue weighted by molar-refractivity contribution is 7.92. The average Bonchev–Trinajstić information content (AvgIpc) is 3.02. The summed E-state index contributed by atoms with van der Waals surface area (Å²) in [4.78, 5) is 29.9. The van der Waals surface area contributed by atoms with Gasteiger partial charge in [-0.05, 0) is 67.8 Å². The molecular formula is C35H38ClN3O4S. The number of amides is 2. The Morgan fingerprint density at radius 1 is 0.841 bits per heavy atom. The number of benzene rings is 4. The van der Waals surface area contributed by atoms with Gasteiger partial charge >= 0.3 is 0 Å². The maximum absolute atomic E-state index is 14.5. The fourth-order valence-electron chi connectivity index (χ4n) is 4.79. The van der Waals surface area contributed by atoms with Gasteiger partial charge in [-0.25, -0.2) is 8.42 Å². The van der Waals surface area contributed by atoms with Crippen molar-refractivity contribution in [3.63, 3.8) is 0 Å². The van der Waals surface area contributed by atoms with Gasteiger partial charge in [-0.1, -0.05) is 96.9 Å². The van der Waals surface area contributed by atoms with Crippen molar-refractivity contribution < 1.29 is 18.0 Å². The molecule has 9 heteroatoms. The molecule has 2 atom stereocenters. The molecule has 0 unspecified atom stereocenters. The molecule has 44 heavy (non-hydrogen) atoms. The summed E-state index contributed by atoms with van der Waals surface area (Å²) in [6, 6.07) is 30.5. The predicted octanol–water partition coefficient (Wildman–Crippen LogP) is 6.40. The lowest BCUT2D eigenvalue weighted by Gasteiger charge is -2.34. The zero-order valence-corrected chi connectivity index (χ0v) is 26.8. The van der Waals surface area contributed by atoms with Crippen LogP contribution in [-0.2, 0) is 32.6 Å². The topological polar surface area (TPSA) is 86.8 Å². The van der Waals surface area contributed by atoms with Gasteiger partial charge in [0.15, 0.2) is 0 Å². The molecule has 4 aromatic carbocycles. The Balaban J connectivity index is 1.80. The summed E-state index contributed by atoms with van der Waals surface area (Å²) < 4.78 is 29.1. The van der Waals surface area contributed by atoms with E-state index in [1.165, 1.54) is 17.0 Å². The molecule has 1 N–H and O–H groups in total. The largest absolute Gasteiger partial charge is 0.352 e. The van der Waals surface area contributed by atoms with Crippen molar-refractivity contribution in [3.8, 4) is 0 Å². The lowest BCUT2D eigenvalue weighted by atomic mass is 10.0. The van der Waals surface area contributed by atoms with Crippen LogP contribution in [0.3, 0.4) is 0 Å². The first-order valence-corrected chi connectivity index (χ1v) is 16.4. The normalized spacial score (nSPS) is 12.6. The van der Waals surface area contributed by atoms with E-state index in [2.05, 4.69) is 5.32 Å². The van der Waals surface area contributed by atoms with E-state index in [1.54, 1.807) is 60.7 Å². The van der Waals surface area contributed by atoms with Crippen LogP contribution >= 0.6 is 11.6 Å². The first kappa shape index (κ1) is 32.8. The zero-order chi connectivity index (χ0) is 31.7. The molecule has 4 rings (SSSR count). The van der Waals surface area contributed by atoms with Crippen molar-refractivity contribution in [1.29, 1.82) is 0 Å². The summed E-state index contributed by atoms with van der Waals surface area (Å²) in [7, 11) is -4.14. The molecule has 0 bridgehead atoms. The van der Waals surface area contributed by atoms with Crippen LogP contribution in [-0.4, -0.2) is 43.8 Å². The number of rotatable bonds is 13. The molecular weight excluding hydrogens is 594 g/mol. The van der Waals surface area contributed by atoms with Crippen LogP contribution in [0, 0.1) is 6.92 Å². The third-order valence-corrected chi connectivity index (χ3v) is 9.47. The minimum atomic E-state index is -4.14. The van der Waals surface area contributed by atoms with Crippen LogP contribution < -0.4 is 9.62 Å². The summed E-state index contributed by atoms with van der Waals surface area (Å²) in [5.74, 6) is -0.836. The molecule has 0 heterocycles. The van der Waals surface area contributed by atoms with E-state index in [4.69, 9.17) is 11.6 Å². The van der Waals surface area contributed by atoms with Gasteiger partial charge < -0.3 is 10.2 Å². The summed E-state index contributed by atoms with van der Waals surface area (Å²) >= 11 is 6.30. The number of carbonyl (C=O) groups is 2. The zero-order valence-electron chi connectivity index (χ0n) is 25.2. The predicted molar refractivity (Wildman–Crippen MR) is 176 cm³/mol. The number of halogens is 1. The molecule has 230 valence electrons. The molecule has 0 aliphatic heterocycles. The average molecular weight is 632 g/mol. The van der Waals surface area contributed by atoms with Gasteiger partial charge in [0.1, 0.15) is 12.6 Å². The lowest BCUT2D eigenvalue weighted by molar-refractivity contribution is -0.140. The summed E-state index contributed by atoms with van der Waals surface area (Å²) in [5, 5.41) is 3.53. The van der Waals surface area contributed by atoms with Gasteiger partial charge in [0, 0.05) is 24.0 Å². The standard InChI is InChI=1S/C35H38ClN3O4S/c1-4-27(3)37-35(41)33(23-28-12-7-5-8-13-28)38(24-29-14-11-15-30(36)22-29)34(40)25-39(31-20-18-26(2)19-21-31)44(42,43)32-16-9-6-10-17-32/h5-22,27,33H,4,23-25H2,1-3H3,(H,37,41)/t27-,33+/m1/s1. The Labute approximate surface area is 265 Å². The summed E-state index contributed by atoms with van der Waals surface area (Å²) in [6.45, 7) is 5.33. The smallest absolute Gasteiger partial charge is 0.264 e. The molecule has 0 aliphatic rings. The molecule has 7 nitrogen and oxygen atoms in total. The van der Waals surface area contributed by atoms with Crippen molar-refractivity contribution in [2.24, 2.45) is 0 Å². The third kappa shape index (κ3) is 8.49. The Kier molecular flexibility index (Phi) is 11.2. The van der Waals surface area contributed by atoms with Crippen molar-refractivity contribution >= 4 is 39.1 Å². The number of nitrogens with zero attached hydrogens (tertiary/aromatic N) is 2. The molecule has 0 saturated carbocycles. The van der Waals surface area contributed by atoms with E-state index < -0.39 is 28.5 Å². The minimum absolute atomic E-state index is 0.0535. The van der Waals surface area contributed by atoms with Crippen molar-refractivity contribution in [2.45, 2.75) is 57.1 Å². The number of hydrogen-bond acceptors (Lipinski definition) is 4. The van der Waals surface area contributed by atoms with Crippen LogP contribution in [0.4, 0.5) is 5.69 Å². The second kappa shape index (κ2) is 15.0. The van der Waals surface area contributed by atoms with Gasteiger partial charge in [0.25, 0.3) is 10.0 Å². The summed E-state index contributed by atoms with van der Waals surface area (Å²) in [6.07, 6.45) is 0.952. The first-order valence-electron chi connectivity index (χ1n) is 14.6. The maximum atomic E-state index is 14.5. The maximum Gasteiger partial charge on any atom is 0.264 e. The fourth-order valence-corrected chi connectivity index (χ4v) is 6.43. The van der Waals surface area contributed by atoms with Gasteiger partial charge in [0.2, 0.25) is 11.8 Å². The van der Waals surface area contributed by atoms with Crippen molar-refractivity contribution in [3.05, 3.63) is 131 Å². The van der Waals surface area contributed by atoms with Gasteiger partial charge in [0.05, 0.1) is 10.6 Å². The van der Waals surface area contributed by atoms with Crippen LogP contribution in [0.15, 0.2) is 114 Å². The molecule has 4 aromatic rings. The van der Waals surface area contributed by atoms with Crippen LogP contribution in [0.25, 0.3) is 0 Å². The number of aryl methyl sites for hydroxylation is 1. The quantitative estimate of drug-likeness (QED) is 0.185. The second-order valence-electron chi connectivity index (χ2n) is 10.8. The molecule has 0 aliphatic carbocycles. The third-order valence-electron chi connectivity index (χ3n) is 7.45. The van der Waals surface area contributed by atoms with Gasteiger partial charge in [-0.2, -0.15) is 0 Å². The highest BCUT2D eigenvalue weighted by atomic mass is 35.5. The van der Waals surface area contributed by atoms with E-state index in [1.807, 2.05) is 57.2 Å². The highest BCUT2D eigenvalue weighted by Gasteiger charge is 2.35. The van der Waals surface area contributed by atoms with E-state index in [9.17, 15) is 18.0 Å². The molecule has 0 saturated heterocycles. The summed E-state index contributed by atoms with van der Waals surface area (Å²) in [5.41, 5.74) is 2.88. The lowest BCUT2D eigenvalue weighted by Crippen LogP contribution is -2.54. The Bertz CT molecular complexity index is 1650. The second-order valence-corrected chi connectivity index (χ2v) is 13.1. The molecule has 0 radical (unpaired) electrons. The molecule has 2 amide bonds. The SMILES string of the molecule is CC[C@@H](C)NC(=O)[C@H](Cc1ccccc1)N(Cc1cccc(Cl)c1)C(=O)CN(c1ccc(C)cc1)S(=O)(=O)c1ccccc1. The van der Waals surface area contributed by atoms with E-state index >= 15 is 0 Å². The van der Waals surface area contributed by atoms with Gasteiger partial charge in [-0.15, -0.1) is 0 Å². The Morgan fingerprint density at radius 2 is 1.45 bits per heavy atom. The number of sulfonamides is 1. The van der Waals surface area contributed by atoms with Crippen molar-refractivity contribution in [1.82, 2.24) is 10.2 Å². The Hall–Kier alpha value is -4.14. The monoisotopic (exact) mass is 631 g/mol. The molecule has 0 fully saturated rings. The number of anilines is 1. The Morgan fingerprint density at radius 3 is 2.07 bits per heavy atom. The number of carbonyl (C=O) groups excluding carboxylic acids is 2.